The molecule has 0 aromatic carbocycles. The molecular weight excluding hydrogens is 198 g/mol. The largest absolute Gasteiger partial charge is 0.449 e. The molecule has 0 saturated carbocycles. The molecule has 0 aliphatic carbocycles. The van der Waals surface area contributed by atoms with E-state index >= 15 is 0 Å². The molecule has 0 bridgehead atoms. The number of carbonyl (C=O) groups excluding carboxylic acids is 1. The summed E-state index contributed by atoms with van der Waals surface area (Å²) in [4.78, 5) is 11.0. The topological polar surface area (TPSA) is 67.8 Å². The molecule has 5 nitrogen and oxygen atoms in total. The average molecular weight is 219 g/mol. The second-order valence-electron chi connectivity index (χ2n) is 3.82. The zero-order valence-corrected chi connectivity index (χ0v) is 9.66. The van der Waals surface area contributed by atoms with E-state index in [2.05, 4.69) is 5.32 Å². The van der Waals surface area contributed by atoms with Crippen LogP contribution in [0.15, 0.2) is 0 Å². The highest BCUT2D eigenvalue weighted by atomic mass is 16.5. The lowest BCUT2D eigenvalue weighted by atomic mass is 10.2. The van der Waals surface area contributed by atoms with Crippen molar-refractivity contribution < 1.29 is 19.4 Å². The van der Waals surface area contributed by atoms with Gasteiger partial charge in [0, 0.05) is 13.7 Å². The van der Waals surface area contributed by atoms with Gasteiger partial charge in [0.15, 0.2) is 0 Å². The van der Waals surface area contributed by atoms with Gasteiger partial charge in [-0.3, -0.25) is 0 Å². The zero-order chi connectivity index (χ0) is 11.7. The molecule has 1 unspecified atom stereocenters. The summed E-state index contributed by atoms with van der Waals surface area (Å²) in [6.07, 6.45) is -0.515. The first-order valence-electron chi connectivity index (χ1n) is 5.14. The van der Waals surface area contributed by atoms with Crippen LogP contribution in [0.3, 0.4) is 0 Å². The normalized spacial score (nSPS) is 12.6. The molecule has 0 saturated heterocycles. The Morgan fingerprint density at radius 2 is 2.07 bits per heavy atom. The number of aliphatic hydroxyl groups excluding tert-OH is 1. The number of aliphatic hydroxyl groups is 1. The van der Waals surface area contributed by atoms with Crippen molar-refractivity contribution in [3.8, 4) is 0 Å². The first-order valence-corrected chi connectivity index (χ1v) is 5.14. The van der Waals surface area contributed by atoms with Gasteiger partial charge in [-0.2, -0.15) is 0 Å². The number of amides is 1. The maximum Gasteiger partial charge on any atom is 0.407 e. The highest BCUT2D eigenvalue weighted by molar-refractivity contribution is 5.66. The van der Waals surface area contributed by atoms with Crippen LogP contribution in [0.5, 0.6) is 0 Å². The third kappa shape index (κ3) is 9.49. The molecule has 0 radical (unpaired) electrons. The minimum Gasteiger partial charge on any atom is -0.449 e. The Hall–Kier alpha value is -0.810. The van der Waals surface area contributed by atoms with Gasteiger partial charge < -0.3 is 19.9 Å². The van der Waals surface area contributed by atoms with Gasteiger partial charge in [0.25, 0.3) is 0 Å². The lowest BCUT2D eigenvalue weighted by molar-refractivity contribution is 0.0588. The van der Waals surface area contributed by atoms with Gasteiger partial charge in [0.1, 0.15) is 0 Å². The van der Waals surface area contributed by atoms with Crippen molar-refractivity contribution in [3.63, 3.8) is 0 Å². The van der Waals surface area contributed by atoms with Crippen molar-refractivity contribution in [1.82, 2.24) is 5.32 Å². The van der Waals surface area contributed by atoms with E-state index in [1.165, 1.54) is 7.11 Å². The highest BCUT2D eigenvalue weighted by Crippen LogP contribution is 1.93. The summed E-state index contributed by atoms with van der Waals surface area (Å²) in [5.41, 5.74) is 0. The molecule has 5 heteroatoms. The van der Waals surface area contributed by atoms with Crippen molar-refractivity contribution in [2.45, 2.75) is 26.4 Å². The molecule has 0 aliphatic heterocycles. The van der Waals surface area contributed by atoms with E-state index in [0.717, 1.165) is 0 Å². The van der Waals surface area contributed by atoms with Crippen LogP contribution < -0.4 is 5.32 Å². The summed E-state index contributed by atoms with van der Waals surface area (Å²) in [6, 6.07) is 0. The standard InChI is InChI=1S/C10H21NO4/c1-8(2)6-15-10(13)11-5-4-9(12)7-14-3/h8-9,12H,4-7H2,1-3H3,(H,11,13). The predicted octanol–water partition coefficient (Wildman–Crippen LogP) is 0.766. The zero-order valence-electron chi connectivity index (χ0n) is 9.66. The minimum atomic E-state index is -0.541. The maximum absolute atomic E-state index is 11.0. The van der Waals surface area contributed by atoms with E-state index in [1.54, 1.807) is 0 Å². The third-order valence-corrected chi connectivity index (χ3v) is 1.65. The van der Waals surface area contributed by atoms with Crippen LogP contribution >= 0.6 is 0 Å². The fourth-order valence-electron chi connectivity index (χ4n) is 0.910. The summed E-state index contributed by atoms with van der Waals surface area (Å²) in [7, 11) is 1.52. The second-order valence-corrected chi connectivity index (χ2v) is 3.82. The van der Waals surface area contributed by atoms with Crippen LogP contribution in [-0.4, -0.2) is 44.2 Å². The number of hydrogen-bond acceptors (Lipinski definition) is 4. The second kappa shape index (κ2) is 8.49. The molecule has 90 valence electrons. The Bertz CT molecular complexity index is 173. The van der Waals surface area contributed by atoms with Gasteiger partial charge >= 0.3 is 6.09 Å². The van der Waals surface area contributed by atoms with E-state index in [-0.39, 0.29) is 6.61 Å². The lowest BCUT2D eigenvalue weighted by Gasteiger charge is -2.11. The average Bonchev–Trinajstić information content (AvgIpc) is 2.15. The van der Waals surface area contributed by atoms with Crippen LogP contribution in [-0.2, 0) is 9.47 Å². The maximum atomic E-state index is 11.0. The third-order valence-electron chi connectivity index (χ3n) is 1.65. The Labute approximate surface area is 90.8 Å². The number of alkyl carbamates (subject to hydrolysis) is 1. The summed E-state index contributed by atoms with van der Waals surface area (Å²) >= 11 is 0. The predicted molar refractivity (Wildman–Crippen MR) is 56.7 cm³/mol. The summed E-state index contributed by atoms with van der Waals surface area (Å²) in [5.74, 6) is 0.329. The number of carbonyl (C=O) groups is 1. The minimum absolute atomic E-state index is 0.280. The molecule has 0 heterocycles. The van der Waals surface area contributed by atoms with Crippen LogP contribution in [0.4, 0.5) is 4.79 Å². The van der Waals surface area contributed by atoms with E-state index in [9.17, 15) is 9.90 Å². The molecule has 0 aliphatic rings. The van der Waals surface area contributed by atoms with Crippen LogP contribution in [0, 0.1) is 5.92 Å². The molecule has 0 fully saturated rings. The summed E-state index contributed by atoms with van der Waals surface area (Å²) in [6.45, 7) is 5.02. The van der Waals surface area contributed by atoms with Crippen molar-refractivity contribution in [2.75, 3.05) is 26.9 Å². The summed E-state index contributed by atoms with van der Waals surface area (Å²) < 4.78 is 9.63. The van der Waals surface area contributed by atoms with Crippen LogP contribution in [0.2, 0.25) is 0 Å². The molecule has 2 N–H and O–H groups in total. The fraction of sp³-hybridized carbons (Fsp3) is 0.900. The number of nitrogens with one attached hydrogen (secondary N) is 1. The van der Waals surface area contributed by atoms with Crippen molar-refractivity contribution in [1.29, 1.82) is 0 Å². The van der Waals surface area contributed by atoms with Gasteiger partial charge in [0.2, 0.25) is 0 Å². The number of rotatable bonds is 7. The first kappa shape index (κ1) is 14.2. The van der Waals surface area contributed by atoms with E-state index in [0.29, 0.717) is 25.5 Å². The van der Waals surface area contributed by atoms with E-state index in [4.69, 9.17) is 9.47 Å². The van der Waals surface area contributed by atoms with Crippen molar-refractivity contribution >= 4 is 6.09 Å². The van der Waals surface area contributed by atoms with Gasteiger partial charge in [-0.1, -0.05) is 13.8 Å². The number of methoxy groups -OCH3 is 1. The molecule has 0 rings (SSSR count). The molecule has 0 aromatic heterocycles. The Morgan fingerprint density at radius 3 is 2.60 bits per heavy atom. The molecule has 0 spiro atoms. The van der Waals surface area contributed by atoms with E-state index < -0.39 is 12.2 Å². The first-order chi connectivity index (χ1) is 7.06. The molecular formula is C10H21NO4. The van der Waals surface area contributed by atoms with Gasteiger partial charge in [-0.05, 0) is 12.3 Å². The molecule has 15 heavy (non-hydrogen) atoms. The quantitative estimate of drug-likeness (QED) is 0.663. The fourth-order valence-corrected chi connectivity index (χ4v) is 0.910. The Morgan fingerprint density at radius 1 is 1.40 bits per heavy atom. The number of hydrogen-bond donors (Lipinski definition) is 2. The van der Waals surface area contributed by atoms with Gasteiger partial charge in [-0.15, -0.1) is 0 Å². The smallest absolute Gasteiger partial charge is 0.407 e. The SMILES string of the molecule is COCC(O)CCNC(=O)OCC(C)C. The van der Waals surface area contributed by atoms with Gasteiger partial charge in [0.05, 0.1) is 19.3 Å². The highest BCUT2D eigenvalue weighted by Gasteiger charge is 2.06. The van der Waals surface area contributed by atoms with Gasteiger partial charge in [-0.25, -0.2) is 4.79 Å². The summed E-state index contributed by atoms with van der Waals surface area (Å²) in [5, 5.41) is 11.8. The van der Waals surface area contributed by atoms with Crippen molar-refractivity contribution in [2.24, 2.45) is 5.92 Å². The molecule has 0 aromatic rings. The number of ether oxygens (including phenoxy) is 2. The lowest BCUT2D eigenvalue weighted by Crippen LogP contribution is -2.29. The Kier molecular flexibility index (Phi) is 8.04. The van der Waals surface area contributed by atoms with Crippen LogP contribution in [0.25, 0.3) is 0 Å². The molecule has 1 amide bonds. The monoisotopic (exact) mass is 219 g/mol. The van der Waals surface area contributed by atoms with Crippen LogP contribution in [0.1, 0.15) is 20.3 Å². The molecule has 1 atom stereocenters. The Balaban J connectivity index is 3.38. The van der Waals surface area contributed by atoms with Crippen molar-refractivity contribution in [3.05, 3.63) is 0 Å². The van der Waals surface area contributed by atoms with E-state index in [1.807, 2.05) is 13.8 Å².